The third-order valence-electron chi connectivity index (χ3n) is 4.49. The topological polar surface area (TPSA) is 78.5 Å². The largest absolute Gasteiger partial charge is 0.485 e. The van der Waals surface area contributed by atoms with Gasteiger partial charge in [0, 0.05) is 11.6 Å². The molecule has 7 nitrogen and oxygen atoms in total. The molecule has 2 aromatic heterocycles. The van der Waals surface area contributed by atoms with Gasteiger partial charge in [-0.05, 0) is 55.2 Å². The van der Waals surface area contributed by atoms with Gasteiger partial charge in [0.15, 0.2) is 5.76 Å². The Labute approximate surface area is 180 Å². The zero-order chi connectivity index (χ0) is 21.7. The monoisotopic (exact) mass is 431 g/mol. The van der Waals surface area contributed by atoms with Crippen LogP contribution in [0.4, 0.5) is 5.69 Å². The van der Waals surface area contributed by atoms with E-state index in [1.165, 1.54) is 0 Å². The van der Waals surface area contributed by atoms with Crippen molar-refractivity contribution >= 4 is 23.2 Å². The van der Waals surface area contributed by atoms with Crippen LogP contribution in [0, 0.1) is 6.92 Å². The third-order valence-corrected chi connectivity index (χ3v) is 4.89. The highest BCUT2D eigenvalue weighted by molar-refractivity contribution is 6.31. The van der Waals surface area contributed by atoms with Crippen LogP contribution >= 0.6 is 11.6 Å². The van der Waals surface area contributed by atoms with Crippen molar-refractivity contribution in [2.75, 3.05) is 11.9 Å². The number of hydrogen-bond donors (Lipinski definition) is 1. The van der Waals surface area contributed by atoms with Crippen molar-refractivity contribution in [3.63, 3.8) is 0 Å². The summed E-state index contributed by atoms with van der Waals surface area (Å²) in [7, 11) is 0. The molecule has 1 amide bonds. The summed E-state index contributed by atoms with van der Waals surface area (Å²) in [5.74, 6) is 1.41. The van der Waals surface area contributed by atoms with Crippen molar-refractivity contribution in [2.24, 2.45) is 0 Å². The van der Waals surface area contributed by atoms with Crippen LogP contribution in [0.15, 0.2) is 41.1 Å². The molecule has 3 aromatic rings. The first kappa shape index (κ1) is 21.9. The van der Waals surface area contributed by atoms with Crippen LogP contribution in [-0.4, -0.2) is 22.3 Å². The van der Waals surface area contributed by atoms with Crippen LogP contribution in [0.5, 0.6) is 5.75 Å². The van der Waals surface area contributed by atoms with Gasteiger partial charge in [-0.1, -0.05) is 25.4 Å². The summed E-state index contributed by atoms with van der Waals surface area (Å²) < 4.78 is 18.5. The van der Waals surface area contributed by atoms with E-state index >= 15 is 0 Å². The van der Waals surface area contributed by atoms with E-state index in [4.69, 9.17) is 25.5 Å². The van der Waals surface area contributed by atoms with Crippen molar-refractivity contribution in [3.05, 3.63) is 64.3 Å². The second-order valence-electron chi connectivity index (χ2n) is 7.19. The van der Waals surface area contributed by atoms with Crippen LogP contribution in [-0.2, 0) is 18.1 Å². The average Bonchev–Trinajstić information content (AvgIpc) is 3.36. The first-order chi connectivity index (χ1) is 14.4. The van der Waals surface area contributed by atoms with Crippen LogP contribution < -0.4 is 10.1 Å². The Bertz CT molecular complexity index is 1010. The Morgan fingerprint density at radius 3 is 2.87 bits per heavy atom. The molecule has 0 unspecified atom stereocenters. The number of ether oxygens (including phenoxy) is 2. The molecule has 3 rings (SSSR count). The van der Waals surface area contributed by atoms with E-state index in [1.54, 1.807) is 29.2 Å². The van der Waals surface area contributed by atoms with Gasteiger partial charge in [0.25, 0.3) is 5.91 Å². The molecule has 0 aliphatic rings. The third kappa shape index (κ3) is 5.43. The SMILES string of the molecule is CCOCn1cc(NC(=O)c2ccc(COc3cc(C)c(Cl)cc3C(C)C)o2)cn1. The predicted octanol–water partition coefficient (Wildman–Crippen LogP) is 5.39. The molecule has 0 atom stereocenters. The zero-order valence-corrected chi connectivity index (χ0v) is 18.3. The molecular weight excluding hydrogens is 406 g/mol. The van der Waals surface area contributed by atoms with E-state index in [2.05, 4.69) is 24.3 Å². The summed E-state index contributed by atoms with van der Waals surface area (Å²) in [4.78, 5) is 12.4. The fraction of sp³-hybridized carbons (Fsp3) is 0.364. The number of aryl methyl sites for hydroxylation is 1. The number of amides is 1. The van der Waals surface area contributed by atoms with E-state index in [0.717, 1.165) is 16.9 Å². The van der Waals surface area contributed by atoms with Crippen LogP contribution in [0.2, 0.25) is 5.02 Å². The quantitative estimate of drug-likeness (QED) is 0.491. The highest BCUT2D eigenvalue weighted by Crippen LogP contribution is 2.32. The Morgan fingerprint density at radius 2 is 2.13 bits per heavy atom. The standard InChI is InChI=1S/C22H26ClN3O4/c1-5-28-13-26-11-16(10-24-26)25-22(27)20-7-6-17(30-20)12-29-21-8-15(4)19(23)9-18(21)14(2)3/h6-11,14H,5,12-13H2,1-4H3,(H,25,27). The number of anilines is 1. The van der Waals surface area contributed by atoms with Crippen molar-refractivity contribution in [3.8, 4) is 5.75 Å². The van der Waals surface area contributed by atoms with Crippen molar-refractivity contribution in [2.45, 2.75) is 47.0 Å². The maximum Gasteiger partial charge on any atom is 0.291 e. The van der Waals surface area contributed by atoms with Gasteiger partial charge in [-0.3, -0.25) is 4.79 Å². The molecular formula is C22H26ClN3O4. The maximum atomic E-state index is 12.4. The summed E-state index contributed by atoms with van der Waals surface area (Å²) in [6, 6.07) is 7.21. The lowest BCUT2D eigenvalue weighted by Crippen LogP contribution is -2.10. The van der Waals surface area contributed by atoms with E-state index in [-0.39, 0.29) is 24.2 Å². The highest BCUT2D eigenvalue weighted by atomic mass is 35.5. The van der Waals surface area contributed by atoms with Gasteiger partial charge < -0.3 is 19.2 Å². The number of hydrogen-bond acceptors (Lipinski definition) is 5. The number of carbonyl (C=O) groups is 1. The van der Waals surface area contributed by atoms with Crippen LogP contribution in [0.1, 0.15) is 54.1 Å². The fourth-order valence-corrected chi connectivity index (χ4v) is 3.02. The van der Waals surface area contributed by atoms with Gasteiger partial charge in [0.05, 0.1) is 18.1 Å². The van der Waals surface area contributed by atoms with Gasteiger partial charge in [-0.25, -0.2) is 4.68 Å². The Hall–Kier alpha value is -2.77. The maximum absolute atomic E-state index is 12.4. The summed E-state index contributed by atoms with van der Waals surface area (Å²) in [5.41, 5.74) is 2.53. The van der Waals surface area contributed by atoms with Crippen LogP contribution in [0.3, 0.4) is 0 Å². The molecule has 8 heteroatoms. The molecule has 0 spiro atoms. The number of carbonyl (C=O) groups excluding carboxylic acids is 1. The molecule has 0 bridgehead atoms. The Kier molecular flexibility index (Phi) is 7.18. The fourth-order valence-electron chi connectivity index (χ4n) is 2.85. The van der Waals surface area contributed by atoms with Gasteiger partial charge in [0.1, 0.15) is 24.8 Å². The second-order valence-corrected chi connectivity index (χ2v) is 7.60. The number of aromatic nitrogens is 2. The minimum Gasteiger partial charge on any atom is -0.485 e. The zero-order valence-electron chi connectivity index (χ0n) is 17.6. The normalized spacial score (nSPS) is 11.1. The lowest BCUT2D eigenvalue weighted by Gasteiger charge is -2.15. The van der Waals surface area contributed by atoms with E-state index < -0.39 is 0 Å². The predicted molar refractivity (Wildman–Crippen MR) is 115 cm³/mol. The molecule has 0 aliphatic carbocycles. The molecule has 0 radical (unpaired) electrons. The first-order valence-corrected chi connectivity index (χ1v) is 10.2. The lowest BCUT2D eigenvalue weighted by molar-refractivity contribution is 0.0792. The van der Waals surface area contributed by atoms with E-state index in [1.807, 2.05) is 26.0 Å². The summed E-state index contributed by atoms with van der Waals surface area (Å²) >= 11 is 6.25. The summed E-state index contributed by atoms with van der Waals surface area (Å²) in [5, 5.41) is 7.59. The summed E-state index contributed by atoms with van der Waals surface area (Å²) in [6.07, 6.45) is 3.25. The molecule has 1 aromatic carbocycles. The smallest absolute Gasteiger partial charge is 0.291 e. The number of nitrogens with one attached hydrogen (secondary N) is 1. The van der Waals surface area contributed by atoms with Crippen molar-refractivity contribution in [1.29, 1.82) is 0 Å². The van der Waals surface area contributed by atoms with E-state index in [0.29, 0.717) is 29.8 Å². The molecule has 0 aliphatic heterocycles. The van der Waals surface area contributed by atoms with Gasteiger partial charge in [0.2, 0.25) is 0 Å². The van der Waals surface area contributed by atoms with E-state index in [9.17, 15) is 4.79 Å². The molecule has 0 saturated heterocycles. The molecule has 0 saturated carbocycles. The molecule has 1 N–H and O–H groups in total. The molecule has 0 fully saturated rings. The Morgan fingerprint density at radius 1 is 1.33 bits per heavy atom. The van der Waals surface area contributed by atoms with Gasteiger partial charge in [-0.15, -0.1) is 0 Å². The van der Waals surface area contributed by atoms with Crippen molar-refractivity contribution in [1.82, 2.24) is 9.78 Å². The van der Waals surface area contributed by atoms with Crippen molar-refractivity contribution < 1.29 is 18.7 Å². The number of halogens is 1. The number of nitrogens with zero attached hydrogens (tertiary/aromatic N) is 2. The summed E-state index contributed by atoms with van der Waals surface area (Å²) in [6.45, 7) is 9.14. The number of rotatable bonds is 9. The minimum absolute atomic E-state index is 0.197. The lowest BCUT2D eigenvalue weighted by atomic mass is 10.0. The van der Waals surface area contributed by atoms with Gasteiger partial charge in [-0.2, -0.15) is 5.10 Å². The highest BCUT2D eigenvalue weighted by Gasteiger charge is 2.15. The minimum atomic E-state index is -0.359. The molecule has 30 heavy (non-hydrogen) atoms. The first-order valence-electron chi connectivity index (χ1n) is 9.80. The van der Waals surface area contributed by atoms with Crippen LogP contribution in [0.25, 0.3) is 0 Å². The molecule has 2 heterocycles. The van der Waals surface area contributed by atoms with Gasteiger partial charge >= 0.3 is 0 Å². The molecule has 160 valence electrons. The number of furan rings is 1. The number of benzene rings is 1. The average molecular weight is 432 g/mol. The Balaban J connectivity index is 1.62. The second kappa shape index (κ2) is 9.82.